The van der Waals surface area contributed by atoms with Crippen molar-refractivity contribution < 1.29 is 14.6 Å². The zero-order valence-electron chi connectivity index (χ0n) is 7.14. The third kappa shape index (κ3) is 4.28. The lowest BCUT2D eigenvalue weighted by Gasteiger charge is -2.01. The Morgan fingerprint density at radius 2 is 2.08 bits per heavy atom. The molecule has 1 aromatic carbocycles. The van der Waals surface area contributed by atoms with Crippen molar-refractivity contribution in [2.75, 3.05) is 6.61 Å². The summed E-state index contributed by atoms with van der Waals surface area (Å²) in [7, 11) is 0. The van der Waals surface area contributed by atoms with Crippen LogP contribution in [0.25, 0.3) is 0 Å². The summed E-state index contributed by atoms with van der Waals surface area (Å²) in [4.78, 5) is 10.1. The molecule has 0 heterocycles. The summed E-state index contributed by atoms with van der Waals surface area (Å²) in [6.45, 7) is 0.592. The highest BCUT2D eigenvalue weighted by molar-refractivity contribution is 5.76. The Kier molecular flexibility index (Phi) is 3.99. The van der Waals surface area contributed by atoms with Crippen molar-refractivity contribution in [1.29, 1.82) is 0 Å². The Balaban J connectivity index is 2.17. The zero-order chi connectivity index (χ0) is 9.52. The van der Waals surface area contributed by atoms with Gasteiger partial charge in [-0.1, -0.05) is 30.3 Å². The van der Waals surface area contributed by atoms with Crippen LogP contribution >= 0.6 is 0 Å². The van der Waals surface area contributed by atoms with Gasteiger partial charge in [0.05, 0.1) is 19.6 Å². The molecular weight excluding hydrogens is 168 g/mol. The molecule has 0 unspecified atom stereocenters. The van der Waals surface area contributed by atoms with Crippen LogP contribution in [0.1, 0.15) is 5.56 Å². The third-order valence-electron chi connectivity index (χ3n) is 1.49. The second-order valence-corrected chi connectivity index (χ2v) is 2.54. The van der Waals surface area contributed by atoms with E-state index in [9.17, 15) is 4.79 Å². The van der Waals surface area contributed by atoms with E-state index in [1.807, 2.05) is 30.3 Å². The maximum atomic E-state index is 10.1. The number of carbonyl (C=O) groups is 1. The van der Waals surface area contributed by atoms with Crippen LogP contribution in [0.15, 0.2) is 30.3 Å². The molecule has 0 aliphatic carbocycles. The third-order valence-corrected chi connectivity index (χ3v) is 1.49. The minimum absolute atomic E-state index is 0.143. The number of rotatable bonds is 5. The Labute approximate surface area is 77.0 Å². The first-order chi connectivity index (χ1) is 6.29. The van der Waals surface area contributed by atoms with Crippen LogP contribution in [0.5, 0.6) is 0 Å². The molecule has 69 valence electrons. The summed E-state index contributed by atoms with van der Waals surface area (Å²) >= 11 is 0. The van der Waals surface area contributed by atoms with Gasteiger partial charge in [-0.05, 0) is 5.56 Å². The summed E-state index contributed by atoms with van der Waals surface area (Å²) in [6.07, 6.45) is 1.09. The fourth-order valence-electron chi connectivity index (χ4n) is 0.881. The first kappa shape index (κ1) is 9.74. The number of hydrogen-bond acceptors (Lipinski definition) is 2. The molecule has 0 amide bonds. The number of hydrogen-bond donors (Lipinski definition) is 1. The van der Waals surface area contributed by atoms with Crippen molar-refractivity contribution >= 4 is 5.97 Å². The molecular formula is C10H11O3. The Bertz CT molecular complexity index is 256. The second-order valence-electron chi connectivity index (χ2n) is 2.54. The van der Waals surface area contributed by atoms with Gasteiger partial charge in [-0.15, -0.1) is 0 Å². The van der Waals surface area contributed by atoms with E-state index in [-0.39, 0.29) is 6.61 Å². The van der Waals surface area contributed by atoms with Crippen LogP contribution in [-0.2, 0) is 16.1 Å². The SMILES string of the molecule is O=C(O)[CH]COCc1ccccc1. The lowest BCUT2D eigenvalue weighted by molar-refractivity contribution is -0.133. The first-order valence-electron chi connectivity index (χ1n) is 3.97. The second kappa shape index (κ2) is 5.32. The van der Waals surface area contributed by atoms with Crippen LogP contribution in [0, 0.1) is 6.42 Å². The zero-order valence-corrected chi connectivity index (χ0v) is 7.14. The average Bonchev–Trinajstić information content (AvgIpc) is 2.14. The van der Waals surface area contributed by atoms with Crippen molar-refractivity contribution in [1.82, 2.24) is 0 Å². The van der Waals surface area contributed by atoms with E-state index in [0.29, 0.717) is 6.61 Å². The molecule has 0 fully saturated rings. The number of aliphatic carboxylic acids is 1. The summed E-state index contributed by atoms with van der Waals surface area (Å²) in [6, 6.07) is 9.62. The largest absolute Gasteiger partial charge is 0.481 e. The number of carboxylic acid groups (broad SMARTS) is 1. The van der Waals surface area contributed by atoms with Gasteiger partial charge in [0.2, 0.25) is 0 Å². The van der Waals surface area contributed by atoms with Gasteiger partial charge >= 0.3 is 5.97 Å². The van der Waals surface area contributed by atoms with Crippen LogP contribution in [0.4, 0.5) is 0 Å². The van der Waals surface area contributed by atoms with Crippen molar-refractivity contribution in [2.24, 2.45) is 0 Å². The predicted octanol–water partition coefficient (Wildman–Crippen LogP) is 1.49. The Hall–Kier alpha value is -1.35. The normalized spacial score (nSPS) is 9.85. The summed E-state index contributed by atoms with van der Waals surface area (Å²) in [5, 5.41) is 8.28. The van der Waals surface area contributed by atoms with E-state index in [4.69, 9.17) is 9.84 Å². The van der Waals surface area contributed by atoms with Gasteiger partial charge in [-0.25, -0.2) is 0 Å². The molecule has 0 saturated heterocycles. The maximum Gasteiger partial charge on any atom is 0.309 e. The highest BCUT2D eigenvalue weighted by Crippen LogP contribution is 2.00. The summed E-state index contributed by atoms with van der Waals surface area (Å²) in [5.74, 6) is -0.951. The molecule has 13 heavy (non-hydrogen) atoms. The lowest BCUT2D eigenvalue weighted by Crippen LogP contribution is -2.03. The van der Waals surface area contributed by atoms with Gasteiger partial charge in [0.25, 0.3) is 0 Å². The number of benzene rings is 1. The Morgan fingerprint density at radius 3 is 2.69 bits per heavy atom. The van der Waals surface area contributed by atoms with Crippen LogP contribution in [-0.4, -0.2) is 17.7 Å². The van der Waals surface area contributed by atoms with E-state index in [1.54, 1.807) is 0 Å². The Morgan fingerprint density at radius 1 is 1.38 bits per heavy atom. The van der Waals surface area contributed by atoms with Gasteiger partial charge in [0.1, 0.15) is 0 Å². The van der Waals surface area contributed by atoms with Gasteiger partial charge in [-0.3, -0.25) is 4.79 Å². The molecule has 3 heteroatoms. The highest BCUT2D eigenvalue weighted by atomic mass is 16.5. The van der Waals surface area contributed by atoms with Crippen molar-refractivity contribution in [3.05, 3.63) is 42.3 Å². The molecule has 0 aromatic heterocycles. The molecule has 1 N–H and O–H groups in total. The van der Waals surface area contributed by atoms with Gasteiger partial charge in [-0.2, -0.15) is 0 Å². The molecule has 3 nitrogen and oxygen atoms in total. The van der Waals surface area contributed by atoms with Crippen molar-refractivity contribution in [2.45, 2.75) is 6.61 Å². The van der Waals surface area contributed by atoms with Gasteiger partial charge in [0.15, 0.2) is 0 Å². The molecule has 0 aliphatic heterocycles. The van der Waals surface area contributed by atoms with Gasteiger partial charge < -0.3 is 9.84 Å². The van der Waals surface area contributed by atoms with Crippen molar-refractivity contribution in [3.63, 3.8) is 0 Å². The van der Waals surface area contributed by atoms with Crippen molar-refractivity contribution in [3.8, 4) is 0 Å². The minimum Gasteiger partial charge on any atom is -0.481 e. The van der Waals surface area contributed by atoms with Gasteiger partial charge in [0, 0.05) is 0 Å². The van der Waals surface area contributed by atoms with E-state index >= 15 is 0 Å². The van der Waals surface area contributed by atoms with Crippen LogP contribution < -0.4 is 0 Å². The molecule has 1 radical (unpaired) electrons. The fraction of sp³-hybridized carbons (Fsp3) is 0.200. The van der Waals surface area contributed by atoms with Crippen LogP contribution in [0.2, 0.25) is 0 Å². The van der Waals surface area contributed by atoms with E-state index < -0.39 is 5.97 Å². The minimum atomic E-state index is -0.951. The standard InChI is InChI=1S/C10H11O3/c11-10(12)6-7-13-8-9-4-2-1-3-5-9/h1-6H,7-8H2,(H,11,12). The molecule has 1 aromatic rings. The summed E-state index contributed by atoms with van der Waals surface area (Å²) < 4.78 is 5.09. The number of carboxylic acids is 1. The molecule has 0 spiro atoms. The fourth-order valence-corrected chi connectivity index (χ4v) is 0.881. The van der Waals surface area contributed by atoms with E-state index in [2.05, 4.69) is 0 Å². The first-order valence-corrected chi connectivity index (χ1v) is 3.97. The average molecular weight is 179 g/mol. The summed E-state index contributed by atoms with van der Waals surface area (Å²) in [5.41, 5.74) is 1.04. The predicted molar refractivity (Wildman–Crippen MR) is 48.0 cm³/mol. The topological polar surface area (TPSA) is 46.5 Å². The van der Waals surface area contributed by atoms with E-state index in [1.165, 1.54) is 0 Å². The molecule has 0 bridgehead atoms. The monoisotopic (exact) mass is 179 g/mol. The maximum absolute atomic E-state index is 10.1. The van der Waals surface area contributed by atoms with E-state index in [0.717, 1.165) is 12.0 Å². The quantitative estimate of drug-likeness (QED) is 0.696. The molecule has 0 saturated carbocycles. The molecule has 0 atom stereocenters. The smallest absolute Gasteiger partial charge is 0.309 e. The van der Waals surface area contributed by atoms with Crippen LogP contribution in [0.3, 0.4) is 0 Å². The highest BCUT2D eigenvalue weighted by Gasteiger charge is 1.97. The molecule has 0 aliphatic rings. The molecule has 1 rings (SSSR count). The lowest BCUT2D eigenvalue weighted by atomic mass is 10.2. The number of ether oxygens (including phenoxy) is 1.